The van der Waals surface area contributed by atoms with Crippen molar-refractivity contribution in [3.05, 3.63) is 53.6 Å². The molecule has 4 rings (SSSR count). The molecule has 2 heterocycles. The molecule has 2 saturated heterocycles. The maximum atomic E-state index is 13.1. The minimum Gasteiger partial charge on any atom is -0.496 e. The second kappa shape index (κ2) is 12.4. The van der Waals surface area contributed by atoms with Crippen molar-refractivity contribution in [3.63, 3.8) is 0 Å². The molecule has 0 spiro atoms. The van der Waals surface area contributed by atoms with E-state index in [1.807, 2.05) is 0 Å². The van der Waals surface area contributed by atoms with Gasteiger partial charge in [0.1, 0.15) is 15.3 Å². The average molecular weight is 555 g/mol. The van der Waals surface area contributed by atoms with Crippen molar-refractivity contribution in [2.45, 2.75) is 30.9 Å². The van der Waals surface area contributed by atoms with Gasteiger partial charge in [0.15, 0.2) is 17.3 Å². The van der Waals surface area contributed by atoms with E-state index in [1.165, 1.54) is 50.5 Å². The quantitative estimate of drug-likeness (QED) is 0.199. The fourth-order valence-electron chi connectivity index (χ4n) is 4.46. The summed E-state index contributed by atoms with van der Waals surface area (Å²) in [6.07, 6.45) is 6.54. The summed E-state index contributed by atoms with van der Waals surface area (Å²) in [5.41, 5.74) is 1.50. The number of carbonyl (C=O) groups excluding carboxylic acids is 3. The summed E-state index contributed by atoms with van der Waals surface area (Å²) in [5, 5.41) is -0.530. The third-order valence-electron chi connectivity index (χ3n) is 6.52. The van der Waals surface area contributed by atoms with Crippen LogP contribution in [0.4, 0.5) is 5.69 Å². The highest BCUT2D eigenvalue weighted by molar-refractivity contribution is 8.23. The predicted octanol–water partition coefficient (Wildman–Crippen LogP) is 4.74. The third kappa shape index (κ3) is 6.02. The van der Waals surface area contributed by atoms with Gasteiger partial charge >= 0.3 is 0 Å². The molecule has 0 aromatic heterocycles. The molecule has 2 aromatic rings. The number of carbonyl (C=O) groups is 3. The Balaban J connectivity index is 1.43. The van der Waals surface area contributed by atoms with Gasteiger partial charge in [-0.1, -0.05) is 24.0 Å². The molecule has 0 bridgehead atoms. The number of allylic oxidation sites excluding steroid dienone is 1. The summed E-state index contributed by atoms with van der Waals surface area (Å²) in [5.74, 6) is 0.765. The Bertz CT molecular complexity index is 1250. The van der Waals surface area contributed by atoms with E-state index < -0.39 is 5.25 Å². The van der Waals surface area contributed by atoms with Crippen molar-refractivity contribution >= 4 is 57.7 Å². The van der Waals surface area contributed by atoms with Crippen LogP contribution in [0.2, 0.25) is 0 Å². The van der Waals surface area contributed by atoms with Gasteiger partial charge in [-0.3, -0.25) is 14.4 Å². The van der Waals surface area contributed by atoms with Crippen molar-refractivity contribution in [2.24, 2.45) is 0 Å². The topological polar surface area (TPSA) is 85.4 Å². The average Bonchev–Trinajstić information content (AvgIpc) is 3.23. The first-order valence-corrected chi connectivity index (χ1v) is 13.6. The Labute approximate surface area is 231 Å². The number of anilines is 1. The molecule has 0 N–H and O–H groups in total. The first-order chi connectivity index (χ1) is 18.4. The molecular formula is C28H30N2O6S2. The summed E-state index contributed by atoms with van der Waals surface area (Å²) in [6.45, 7) is 1.79. The zero-order chi connectivity index (χ0) is 27.2. The summed E-state index contributed by atoms with van der Waals surface area (Å²) in [4.78, 5) is 41.9. The van der Waals surface area contributed by atoms with Gasteiger partial charge < -0.3 is 19.1 Å². The summed E-state index contributed by atoms with van der Waals surface area (Å²) >= 11 is 6.85. The van der Waals surface area contributed by atoms with Gasteiger partial charge in [0.05, 0.1) is 27.0 Å². The number of likely N-dealkylation sites (tertiary alicyclic amines) is 1. The SMILES string of the molecule is COc1cc(OC)c(OC)cc1/C=C/C(=O)c1ccc(N2C(=O)C[C@@H](SC(=S)N3CCCCC3)C2=O)cc1. The van der Waals surface area contributed by atoms with Crippen LogP contribution in [0.15, 0.2) is 42.5 Å². The van der Waals surface area contributed by atoms with Crippen molar-refractivity contribution in [1.82, 2.24) is 4.90 Å². The highest BCUT2D eigenvalue weighted by Gasteiger charge is 2.41. The zero-order valence-corrected chi connectivity index (χ0v) is 23.2. The molecule has 2 aromatic carbocycles. The number of hydrogen-bond donors (Lipinski definition) is 0. The van der Waals surface area contributed by atoms with Gasteiger partial charge in [0.25, 0.3) is 0 Å². The number of ketones is 1. The van der Waals surface area contributed by atoms with E-state index in [-0.39, 0.29) is 24.0 Å². The van der Waals surface area contributed by atoms with E-state index in [0.717, 1.165) is 25.9 Å². The maximum Gasteiger partial charge on any atom is 0.247 e. The van der Waals surface area contributed by atoms with Crippen LogP contribution in [0.3, 0.4) is 0 Å². The fourth-order valence-corrected chi connectivity index (χ4v) is 6.00. The standard InChI is InChI=1S/C28H30N2O6S2/c1-34-22-16-24(36-3)23(35-2)15-19(22)9-12-21(31)18-7-10-20(11-8-18)30-26(32)17-25(27(30)33)38-28(37)29-13-5-4-6-14-29/h7-12,15-16,25H,4-6,13-14,17H2,1-3H3/b12-9+/t25-/m1/s1. The zero-order valence-electron chi connectivity index (χ0n) is 21.6. The van der Waals surface area contributed by atoms with Crippen molar-refractivity contribution in [1.29, 1.82) is 0 Å². The number of benzene rings is 2. The van der Waals surface area contributed by atoms with Crippen molar-refractivity contribution < 1.29 is 28.6 Å². The Morgan fingerprint density at radius 1 is 0.947 bits per heavy atom. The Morgan fingerprint density at radius 3 is 2.21 bits per heavy atom. The van der Waals surface area contributed by atoms with E-state index in [0.29, 0.717) is 38.4 Å². The normalized spacial score (nSPS) is 17.7. The van der Waals surface area contributed by atoms with Gasteiger partial charge in [-0.05, 0) is 61.7 Å². The molecule has 1 atom stereocenters. The smallest absolute Gasteiger partial charge is 0.247 e. The number of amides is 2. The molecule has 2 fully saturated rings. The first-order valence-electron chi connectivity index (χ1n) is 12.3. The molecule has 200 valence electrons. The minimum absolute atomic E-state index is 0.105. The summed E-state index contributed by atoms with van der Waals surface area (Å²) in [7, 11) is 4.60. The highest BCUT2D eigenvalue weighted by atomic mass is 32.2. The molecule has 8 nitrogen and oxygen atoms in total. The van der Waals surface area contributed by atoms with Crippen molar-refractivity contribution in [3.8, 4) is 17.2 Å². The van der Waals surface area contributed by atoms with Gasteiger partial charge in [0, 0.05) is 36.7 Å². The van der Waals surface area contributed by atoms with Crippen LogP contribution in [0.5, 0.6) is 17.2 Å². The summed E-state index contributed by atoms with van der Waals surface area (Å²) < 4.78 is 16.7. The number of thioether (sulfide) groups is 1. The van der Waals surface area contributed by atoms with Crippen molar-refractivity contribution in [2.75, 3.05) is 39.3 Å². The molecule has 0 aliphatic carbocycles. The highest BCUT2D eigenvalue weighted by Crippen LogP contribution is 2.35. The van der Waals surface area contributed by atoms with Gasteiger partial charge in [0.2, 0.25) is 11.8 Å². The number of rotatable bonds is 8. The fraction of sp³-hybridized carbons (Fsp3) is 0.357. The second-order valence-electron chi connectivity index (χ2n) is 8.89. The number of piperidine rings is 1. The molecule has 0 radical (unpaired) electrons. The van der Waals surface area contributed by atoms with Crippen LogP contribution in [0.1, 0.15) is 41.6 Å². The maximum absolute atomic E-state index is 13.1. The van der Waals surface area contributed by atoms with E-state index >= 15 is 0 Å². The molecule has 2 amide bonds. The Hall–Kier alpha value is -3.37. The predicted molar refractivity (Wildman–Crippen MR) is 152 cm³/mol. The van der Waals surface area contributed by atoms with Crippen LogP contribution in [-0.4, -0.2) is 66.5 Å². The number of thiocarbonyl (C=S) groups is 1. The molecule has 10 heteroatoms. The Morgan fingerprint density at radius 2 is 1.58 bits per heavy atom. The van der Waals surface area contributed by atoms with E-state index in [1.54, 1.807) is 42.5 Å². The Kier molecular flexibility index (Phi) is 9.06. The molecule has 38 heavy (non-hydrogen) atoms. The van der Waals surface area contributed by atoms with E-state index in [9.17, 15) is 14.4 Å². The minimum atomic E-state index is -0.530. The van der Waals surface area contributed by atoms with E-state index in [4.69, 9.17) is 26.4 Å². The van der Waals surface area contributed by atoms with Gasteiger partial charge in [-0.2, -0.15) is 0 Å². The summed E-state index contributed by atoms with van der Waals surface area (Å²) in [6, 6.07) is 9.85. The second-order valence-corrected chi connectivity index (χ2v) is 10.7. The molecule has 2 aliphatic rings. The van der Waals surface area contributed by atoms with Gasteiger partial charge in [-0.25, -0.2) is 4.90 Å². The van der Waals surface area contributed by atoms with Gasteiger partial charge in [-0.15, -0.1) is 0 Å². The number of methoxy groups -OCH3 is 3. The molecule has 0 saturated carbocycles. The lowest BCUT2D eigenvalue weighted by Gasteiger charge is -2.29. The monoisotopic (exact) mass is 554 g/mol. The first kappa shape index (κ1) is 27.7. The molecular weight excluding hydrogens is 524 g/mol. The largest absolute Gasteiger partial charge is 0.496 e. The van der Waals surface area contributed by atoms with Crippen LogP contribution in [-0.2, 0) is 9.59 Å². The lowest BCUT2D eigenvalue weighted by molar-refractivity contribution is -0.121. The van der Waals surface area contributed by atoms with E-state index in [2.05, 4.69) is 4.90 Å². The number of nitrogens with zero attached hydrogens (tertiary/aromatic N) is 2. The molecule has 2 aliphatic heterocycles. The van der Waals surface area contributed by atoms with Crippen LogP contribution in [0.25, 0.3) is 6.08 Å². The van der Waals surface area contributed by atoms with Crippen LogP contribution < -0.4 is 19.1 Å². The number of hydrogen-bond acceptors (Lipinski definition) is 8. The lowest BCUT2D eigenvalue weighted by atomic mass is 10.1. The molecule has 0 unspecified atom stereocenters. The lowest BCUT2D eigenvalue weighted by Crippen LogP contribution is -2.35. The van der Waals surface area contributed by atoms with Crippen LogP contribution >= 0.6 is 24.0 Å². The third-order valence-corrected chi connectivity index (χ3v) is 8.18. The number of imide groups is 1. The number of ether oxygens (including phenoxy) is 3. The van der Waals surface area contributed by atoms with Crippen LogP contribution in [0, 0.1) is 0 Å².